The quantitative estimate of drug-likeness (QED) is 0.570. The molecule has 4 nitrogen and oxygen atoms in total. The predicted octanol–water partition coefficient (Wildman–Crippen LogP) is 1.88. The molecular formula is C13H23NO3. The molecule has 4 heteroatoms. The normalized spacial score (nSPS) is 16.2. The predicted molar refractivity (Wildman–Crippen MR) is 65.4 cm³/mol. The minimum Gasteiger partial charge on any atom is -0.466 e. The molecule has 1 fully saturated rings. The van der Waals surface area contributed by atoms with E-state index in [2.05, 4.69) is 19.2 Å². The van der Waals surface area contributed by atoms with Crippen molar-refractivity contribution in [1.29, 1.82) is 0 Å². The molecule has 1 rings (SSSR count). The van der Waals surface area contributed by atoms with E-state index in [4.69, 9.17) is 4.74 Å². The van der Waals surface area contributed by atoms with E-state index in [1.807, 2.05) is 0 Å². The van der Waals surface area contributed by atoms with Gasteiger partial charge >= 0.3 is 5.97 Å². The summed E-state index contributed by atoms with van der Waals surface area (Å²) in [5.74, 6) is 0.00712. The number of hydrogen-bond acceptors (Lipinski definition) is 3. The van der Waals surface area contributed by atoms with Crippen LogP contribution < -0.4 is 5.32 Å². The van der Waals surface area contributed by atoms with E-state index in [0.717, 1.165) is 0 Å². The van der Waals surface area contributed by atoms with Crippen molar-refractivity contribution in [2.75, 3.05) is 13.2 Å². The van der Waals surface area contributed by atoms with Gasteiger partial charge in [-0.15, -0.1) is 0 Å². The van der Waals surface area contributed by atoms with Crippen LogP contribution in [0.2, 0.25) is 0 Å². The molecule has 0 aliphatic heterocycles. The number of esters is 1. The lowest BCUT2D eigenvalue weighted by atomic mass is 9.67. The molecule has 1 aliphatic carbocycles. The standard InChI is InChI=1S/C13H23NO3/c1-4-17-12(16)8-11(15)14-9-13(2,3)10-6-5-7-10/h10H,4-9H2,1-3H3,(H,14,15). The Labute approximate surface area is 103 Å². The molecule has 1 amide bonds. The van der Waals surface area contributed by atoms with Crippen LogP contribution in [0.4, 0.5) is 0 Å². The van der Waals surface area contributed by atoms with Crippen molar-refractivity contribution >= 4 is 11.9 Å². The first-order chi connectivity index (χ1) is 7.95. The van der Waals surface area contributed by atoms with Crippen LogP contribution in [0.1, 0.15) is 46.5 Å². The minimum absolute atomic E-state index is 0.128. The SMILES string of the molecule is CCOC(=O)CC(=O)NCC(C)(C)C1CCC1. The third kappa shape index (κ3) is 4.36. The van der Waals surface area contributed by atoms with E-state index < -0.39 is 5.97 Å². The average molecular weight is 241 g/mol. The number of rotatable bonds is 6. The Morgan fingerprint density at radius 2 is 2.00 bits per heavy atom. The summed E-state index contributed by atoms with van der Waals surface area (Å²) < 4.78 is 4.72. The van der Waals surface area contributed by atoms with Gasteiger partial charge in [0, 0.05) is 6.54 Å². The molecule has 0 unspecified atom stereocenters. The fourth-order valence-electron chi connectivity index (χ4n) is 2.07. The van der Waals surface area contributed by atoms with Crippen LogP contribution >= 0.6 is 0 Å². The minimum atomic E-state index is -0.452. The summed E-state index contributed by atoms with van der Waals surface area (Å²) in [5.41, 5.74) is 0.128. The lowest BCUT2D eigenvalue weighted by Crippen LogP contribution is -2.41. The molecule has 1 N–H and O–H groups in total. The Balaban J connectivity index is 2.24. The maximum absolute atomic E-state index is 11.5. The van der Waals surface area contributed by atoms with Gasteiger partial charge < -0.3 is 10.1 Å². The third-order valence-corrected chi connectivity index (χ3v) is 3.56. The molecule has 0 saturated heterocycles. The maximum atomic E-state index is 11.5. The third-order valence-electron chi connectivity index (χ3n) is 3.56. The van der Waals surface area contributed by atoms with Gasteiger partial charge in [0.15, 0.2) is 0 Å². The second-order valence-corrected chi connectivity index (χ2v) is 5.37. The van der Waals surface area contributed by atoms with Crippen LogP contribution in [-0.2, 0) is 14.3 Å². The number of carbonyl (C=O) groups is 2. The van der Waals surface area contributed by atoms with Gasteiger partial charge in [0.25, 0.3) is 0 Å². The fourth-order valence-corrected chi connectivity index (χ4v) is 2.07. The summed E-state index contributed by atoms with van der Waals surface area (Å²) in [5, 5.41) is 2.82. The number of nitrogens with one attached hydrogen (secondary N) is 1. The molecule has 1 aliphatic rings. The highest BCUT2D eigenvalue weighted by Gasteiger charge is 2.34. The number of ether oxygens (including phenoxy) is 1. The van der Waals surface area contributed by atoms with Crippen LogP contribution in [0.5, 0.6) is 0 Å². The van der Waals surface area contributed by atoms with E-state index in [-0.39, 0.29) is 17.7 Å². The van der Waals surface area contributed by atoms with E-state index in [9.17, 15) is 9.59 Å². The molecule has 0 spiro atoms. The van der Waals surface area contributed by atoms with Gasteiger partial charge in [0.2, 0.25) is 5.91 Å². The molecule has 0 aromatic heterocycles. The van der Waals surface area contributed by atoms with Crippen LogP contribution in [0.15, 0.2) is 0 Å². The van der Waals surface area contributed by atoms with Gasteiger partial charge in [-0.3, -0.25) is 9.59 Å². The summed E-state index contributed by atoms with van der Waals surface area (Å²) in [6, 6.07) is 0. The molecule has 1 saturated carbocycles. The van der Waals surface area contributed by atoms with Gasteiger partial charge in [-0.05, 0) is 31.1 Å². The number of amides is 1. The second-order valence-electron chi connectivity index (χ2n) is 5.37. The highest BCUT2D eigenvalue weighted by Crippen LogP contribution is 2.41. The van der Waals surface area contributed by atoms with Crippen LogP contribution in [0, 0.1) is 11.3 Å². The Bertz CT molecular complexity index is 282. The molecule has 0 aromatic carbocycles. The summed E-state index contributed by atoms with van der Waals surface area (Å²) in [7, 11) is 0. The molecule has 98 valence electrons. The van der Waals surface area contributed by atoms with E-state index in [0.29, 0.717) is 19.1 Å². The van der Waals surface area contributed by atoms with Gasteiger partial charge in [-0.25, -0.2) is 0 Å². The number of hydrogen-bond donors (Lipinski definition) is 1. The van der Waals surface area contributed by atoms with E-state index in [1.165, 1.54) is 19.3 Å². The first kappa shape index (κ1) is 14.0. The second kappa shape index (κ2) is 6.03. The van der Waals surface area contributed by atoms with Gasteiger partial charge in [0.1, 0.15) is 6.42 Å². The van der Waals surface area contributed by atoms with Crippen molar-refractivity contribution in [2.24, 2.45) is 11.3 Å². The van der Waals surface area contributed by atoms with Gasteiger partial charge in [-0.1, -0.05) is 20.3 Å². The van der Waals surface area contributed by atoms with E-state index in [1.54, 1.807) is 6.92 Å². The van der Waals surface area contributed by atoms with Gasteiger partial charge in [-0.2, -0.15) is 0 Å². The number of carbonyl (C=O) groups excluding carboxylic acids is 2. The molecule has 0 bridgehead atoms. The first-order valence-corrected chi connectivity index (χ1v) is 6.38. The van der Waals surface area contributed by atoms with Crippen LogP contribution in [-0.4, -0.2) is 25.0 Å². The average Bonchev–Trinajstić information content (AvgIpc) is 2.11. The highest BCUT2D eigenvalue weighted by molar-refractivity contribution is 5.94. The Hall–Kier alpha value is -1.06. The Kier molecular flexibility index (Phi) is 4.97. The van der Waals surface area contributed by atoms with Gasteiger partial charge in [0.05, 0.1) is 6.61 Å². The zero-order chi connectivity index (χ0) is 12.9. The molecule has 17 heavy (non-hydrogen) atoms. The zero-order valence-corrected chi connectivity index (χ0v) is 11.0. The lowest BCUT2D eigenvalue weighted by molar-refractivity contribution is -0.146. The Morgan fingerprint density at radius 3 is 2.47 bits per heavy atom. The molecular weight excluding hydrogens is 218 g/mol. The summed E-state index contributed by atoms with van der Waals surface area (Å²) in [6.45, 7) is 7.02. The maximum Gasteiger partial charge on any atom is 0.315 e. The lowest BCUT2D eigenvalue weighted by Gasteiger charge is -2.40. The Morgan fingerprint density at radius 1 is 1.35 bits per heavy atom. The smallest absolute Gasteiger partial charge is 0.315 e. The summed E-state index contributed by atoms with van der Waals surface area (Å²) in [6.07, 6.45) is 3.63. The van der Waals surface area contributed by atoms with Crippen LogP contribution in [0.3, 0.4) is 0 Å². The van der Waals surface area contributed by atoms with Crippen LogP contribution in [0.25, 0.3) is 0 Å². The zero-order valence-electron chi connectivity index (χ0n) is 11.0. The monoisotopic (exact) mass is 241 g/mol. The van der Waals surface area contributed by atoms with Crippen molar-refractivity contribution in [2.45, 2.75) is 46.5 Å². The molecule has 0 radical (unpaired) electrons. The van der Waals surface area contributed by atoms with Crippen molar-refractivity contribution in [3.05, 3.63) is 0 Å². The van der Waals surface area contributed by atoms with Crippen molar-refractivity contribution in [3.8, 4) is 0 Å². The molecule has 0 aromatic rings. The van der Waals surface area contributed by atoms with Crippen molar-refractivity contribution in [1.82, 2.24) is 5.32 Å². The topological polar surface area (TPSA) is 55.4 Å². The summed E-state index contributed by atoms with van der Waals surface area (Å²) in [4.78, 5) is 22.6. The van der Waals surface area contributed by atoms with Crippen molar-refractivity contribution in [3.63, 3.8) is 0 Å². The highest BCUT2D eigenvalue weighted by atomic mass is 16.5. The molecule has 0 atom stereocenters. The molecule has 0 heterocycles. The fraction of sp³-hybridized carbons (Fsp3) is 0.846. The summed E-state index contributed by atoms with van der Waals surface area (Å²) >= 11 is 0. The van der Waals surface area contributed by atoms with E-state index >= 15 is 0 Å². The largest absolute Gasteiger partial charge is 0.466 e. The first-order valence-electron chi connectivity index (χ1n) is 6.38. The van der Waals surface area contributed by atoms with Crippen molar-refractivity contribution < 1.29 is 14.3 Å².